The van der Waals surface area contributed by atoms with Gasteiger partial charge in [0, 0.05) is 6.42 Å². The second-order valence-corrected chi connectivity index (χ2v) is 17.2. The molecule has 0 aromatic heterocycles. The first-order chi connectivity index (χ1) is 25.0. The summed E-state index contributed by atoms with van der Waals surface area (Å²) >= 11 is 0. The molecule has 0 aromatic rings. The summed E-state index contributed by atoms with van der Waals surface area (Å²) in [6.45, 7) is 4.77. The van der Waals surface area contributed by atoms with Gasteiger partial charge in [-0.3, -0.25) is 13.8 Å². The lowest BCUT2D eigenvalue weighted by atomic mass is 10.1. The van der Waals surface area contributed by atoms with Gasteiger partial charge >= 0.3 is 7.82 Å². The normalized spacial score (nSPS) is 14.8. The number of carbonyl (C=O) groups is 1. The number of phosphoric acid groups is 1. The summed E-state index contributed by atoms with van der Waals surface area (Å²) in [6, 6.07) is -0.848. The molecule has 0 spiro atoms. The minimum atomic E-state index is -4.33. The molecule has 3 unspecified atom stereocenters. The fourth-order valence-corrected chi connectivity index (χ4v) is 6.63. The molecule has 3 atom stereocenters. The zero-order valence-corrected chi connectivity index (χ0v) is 35.4. The molecule has 0 rings (SSSR count). The van der Waals surface area contributed by atoms with Gasteiger partial charge in [0.1, 0.15) is 13.2 Å². The van der Waals surface area contributed by atoms with Gasteiger partial charge in [0.15, 0.2) is 0 Å². The van der Waals surface area contributed by atoms with Crippen molar-refractivity contribution in [1.82, 2.24) is 5.32 Å². The van der Waals surface area contributed by atoms with E-state index in [1.165, 1.54) is 109 Å². The van der Waals surface area contributed by atoms with E-state index in [-0.39, 0.29) is 19.1 Å². The Morgan fingerprint density at radius 3 is 1.60 bits per heavy atom. The van der Waals surface area contributed by atoms with E-state index >= 15 is 0 Å². The number of nitrogens with one attached hydrogen (secondary N) is 1. The van der Waals surface area contributed by atoms with Crippen molar-refractivity contribution in [3.8, 4) is 0 Å². The van der Waals surface area contributed by atoms with Crippen molar-refractivity contribution < 1.29 is 32.9 Å². The highest BCUT2D eigenvalue weighted by atomic mass is 31.2. The van der Waals surface area contributed by atoms with Crippen LogP contribution in [0.15, 0.2) is 36.5 Å². The maximum Gasteiger partial charge on any atom is 0.472 e. The molecule has 0 aromatic carbocycles. The van der Waals surface area contributed by atoms with E-state index in [1.54, 1.807) is 6.08 Å². The molecule has 0 fully saturated rings. The van der Waals surface area contributed by atoms with Crippen LogP contribution in [0.2, 0.25) is 0 Å². The zero-order valence-electron chi connectivity index (χ0n) is 34.5. The maximum absolute atomic E-state index is 12.8. The van der Waals surface area contributed by atoms with Crippen LogP contribution in [-0.2, 0) is 18.4 Å². The molecule has 0 aliphatic heterocycles. The minimum Gasteiger partial charge on any atom is -0.387 e. The van der Waals surface area contributed by atoms with Crippen molar-refractivity contribution in [2.45, 2.75) is 193 Å². The molecule has 0 radical (unpaired) electrons. The van der Waals surface area contributed by atoms with Gasteiger partial charge in [0.05, 0.1) is 39.9 Å². The fourth-order valence-electron chi connectivity index (χ4n) is 5.89. The Labute approximate surface area is 321 Å². The maximum atomic E-state index is 12.8. The van der Waals surface area contributed by atoms with E-state index in [9.17, 15) is 19.4 Å². The molecule has 9 heteroatoms. The number of phosphoric ester groups is 1. The van der Waals surface area contributed by atoms with E-state index in [0.29, 0.717) is 17.4 Å². The van der Waals surface area contributed by atoms with Gasteiger partial charge in [0.25, 0.3) is 0 Å². The molecular formula is C43H84N2O6P+. The molecule has 0 saturated carbocycles. The smallest absolute Gasteiger partial charge is 0.387 e. The van der Waals surface area contributed by atoms with E-state index in [4.69, 9.17) is 9.05 Å². The minimum absolute atomic E-state index is 0.0594. The Morgan fingerprint density at radius 1 is 0.654 bits per heavy atom. The van der Waals surface area contributed by atoms with Crippen LogP contribution in [0.4, 0.5) is 0 Å². The van der Waals surface area contributed by atoms with Gasteiger partial charge in [-0.1, -0.05) is 159 Å². The Bertz CT molecular complexity index is 948. The van der Waals surface area contributed by atoms with Crippen molar-refractivity contribution in [3.63, 3.8) is 0 Å². The van der Waals surface area contributed by atoms with Gasteiger partial charge in [-0.25, -0.2) is 4.57 Å². The molecule has 0 aliphatic rings. The first-order valence-corrected chi connectivity index (χ1v) is 22.9. The summed E-state index contributed by atoms with van der Waals surface area (Å²) in [4.78, 5) is 23.1. The number of nitrogens with zero attached hydrogens (tertiary/aromatic N) is 1. The van der Waals surface area contributed by atoms with E-state index in [1.807, 2.05) is 27.2 Å². The van der Waals surface area contributed by atoms with Crippen LogP contribution in [0, 0.1) is 0 Å². The average molecular weight is 756 g/mol. The topological polar surface area (TPSA) is 105 Å². The average Bonchev–Trinajstić information content (AvgIpc) is 3.09. The number of likely N-dealkylation sites (N-methyl/N-ethyl adjacent to an activating group) is 1. The SMILES string of the molecule is CCCCCC/C=C\C/C=C\CCCCCCCCCC(=O)NC(COP(=O)(O)OCC[N+](C)(C)C)C(O)/C=C/CCCCCCCCCCCC. The van der Waals surface area contributed by atoms with Gasteiger partial charge in [-0.05, 0) is 51.4 Å². The highest BCUT2D eigenvalue weighted by molar-refractivity contribution is 7.47. The number of hydrogen-bond donors (Lipinski definition) is 3. The third-order valence-electron chi connectivity index (χ3n) is 9.35. The molecular weight excluding hydrogens is 671 g/mol. The van der Waals surface area contributed by atoms with E-state index < -0.39 is 20.0 Å². The summed E-state index contributed by atoms with van der Waals surface area (Å²) in [5, 5.41) is 13.8. The lowest BCUT2D eigenvalue weighted by Crippen LogP contribution is -2.45. The molecule has 0 bridgehead atoms. The molecule has 0 heterocycles. The van der Waals surface area contributed by atoms with Crippen LogP contribution < -0.4 is 5.32 Å². The summed E-state index contributed by atoms with van der Waals surface area (Å²) in [7, 11) is 1.56. The van der Waals surface area contributed by atoms with Gasteiger partial charge < -0.3 is 19.8 Å². The molecule has 0 saturated heterocycles. The summed E-state index contributed by atoms with van der Waals surface area (Å²) in [5.74, 6) is -0.187. The van der Waals surface area contributed by atoms with E-state index in [0.717, 1.165) is 51.4 Å². The first-order valence-electron chi connectivity index (χ1n) is 21.4. The standard InChI is InChI=1S/C43H83N2O6P/c1-6-8-10-12-14-16-18-20-21-22-23-24-25-27-29-31-33-35-37-43(47)44-41(40-51-52(48,49)50-39-38-45(3,4)5)42(46)36-34-32-30-28-26-19-17-15-13-11-9-7-2/h16,18,21-22,34,36,41-42,46H,6-15,17,19-20,23-33,35,37-40H2,1-5H3,(H-,44,47,48,49)/p+1/b18-16-,22-21-,36-34+. The monoisotopic (exact) mass is 756 g/mol. The lowest BCUT2D eigenvalue weighted by Gasteiger charge is -2.25. The summed E-state index contributed by atoms with van der Waals surface area (Å²) in [6.07, 6.45) is 42.0. The number of rotatable bonds is 38. The molecule has 8 nitrogen and oxygen atoms in total. The summed E-state index contributed by atoms with van der Waals surface area (Å²) < 4.78 is 23.5. The largest absolute Gasteiger partial charge is 0.472 e. The number of quaternary nitrogens is 1. The van der Waals surface area contributed by atoms with Gasteiger partial charge in [0.2, 0.25) is 5.91 Å². The Balaban J connectivity index is 4.44. The third-order valence-corrected chi connectivity index (χ3v) is 10.3. The molecule has 3 N–H and O–H groups in total. The van der Waals surface area contributed by atoms with Crippen LogP contribution in [0.3, 0.4) is 0 Å². The molecule has 52 heavy (non-hydrogen) atoms. The Kier molecular flexibility index (Phi) is 34.6. The van der Waals surface area contributed by atoms with Crippen molar-refractivity contribution >= 4 is 13.7 Å². The predicted octanol–water partition coefficient (Wildman–Crippen LogP) is 11.5. The van der Waals surface area contributed by atoms with Crippen LogP contribution in [-0.4, -0.2) is 73.4 Å². The predicted molar refractivity (Wildman–Crippen MR) is 221 cm³/mol. The number of hydrogen-bond acceptors (Lipinski definition) is 5. The lowest BCUT2D eigenvalue weighted by molar-refractivity contribution is -0.870. The Hall–Kier alpha value is -1.28. The highest BCUT2D eigenvalue weighted by Crippen LogP contribution is 2.43. The third kappa shape index (κ3) is 37.1. The Morgan fingerprint density at radius 2 is 1.10 bits per heavy atom. The van der Waals surface area contributed by atoms with Crippen molar-refractivity contribution in [2.24, 2.45) is 0 Å². The number of unbranched alkanes of at least 4 members (excludes halogenated alkanes) is 21. The van der Waals surface area contributed by atoms with E-state index in [2.05, 4.69) is 43.5 Å². The van der Waals surface area contributed by atoms with Crippen LogP contribution in [0.5, 0.6) is 0 Å². The van der Waals surface area contributed by atoms with Crippen molar-refractivity contribution in [1.29, 1.82) is 0 Å². The van der Waals surface area contributed by atoms with Gasteiger partial charge in [-0.2, -0.15) is 0 Å². The number of allylic oxidation sites excluding steroid dienone is 5. The second kappa shape index (κ2) is 35.4. The zero-order chi connectivity index (χ0) is 38.6. The molecule has 0 aliphatic carbocycles. The summed E-state index contributed by atoms with van der Waals surface area (Å²) in [5.41, 5.74) is 0. The first kappa shape index (κ1) is 50.7. The molecule has 306 valence electrons. The molecule has 1 amide bonds. The number of aliphatic hydroxyl groups is 1. The quantitative estimate of drug-likeness (QED) is 0.0251. The number of aliphatic hydroxyl groups excluding tert-OH is 1. The van der Waals surface area contributed by atoms with Crippen LogP contribution in [0.1, 0.15) is 181 Å². The van der Waals surface area contributed by atoms with Crippen molar-refractivity contribution in [3.05, 3.63) is 36.5 Å². The number of carbonyl (C=O) groups excluding carboxylic acids is 1. The van der Waals surface area contributed by atoms with Crippen LogP contribution in [0.25, 0.3) is 0 Å². The fraction of sp³-hybridized carbons (Fsp3) is 0.837. The number of amides is 1. The van der Waals surface area contributed by atoms with Crippen molar-refractivity contribution in [2.75, 3.05) is 40.9 Å². The highest BCUT2D eigenvalue weighted by Gasteiger charge is 2.27. The van der Waals surface area contributed by atoms with Crippen LogP contribution >= 0.6 is 7.82 Å². The second-order valence-electron chi connectivity index (χ2n) is 15.7. The van der Waals surface area contributed by atoms with Gasteiger partial charge in [-0.15, -0.1) is 0 Å².